The standard InChI is InChI=1S/C22H38O5/c1-5-9-10-11-12-13-14-15-16-17-18(23)19(24)21(26-7-3)22(27-8-4)20(17)25-6-2/h23-24H,5-16H2,1-4H3. The van der Waals surface area contributed by atoms with Crippen LogP contribution in [-0.4, -0.2) is 30.0 Å². The Morgan fingerprint density at radius 1 is 0.556 bits per heavy atom. The van der Waals surface area contributed by atoms with E-state index < -0.39 is 0 Å². The summed E-state index contributed by atoms with van der Waals surface area (Å²) in [5, 5.41) is 21.0. The maximum Gasteiger partial charge on any atom is 0.211 e. The van der Waals surface area contributed by atoms with Crippen LogP contribution in [0.25, 0.3) is 0 Å². The van der Waals surface area contributed by atoms with Crippen LogP contribution in [0.1, 0.15) is 84.6 Å². The number of phenols is 2. The van der Waals surface area contributed by atoms with Crippen molar-refractivity contribution >= 4 is 0 Å². The van der Waals surface area contributed by atoms with Gasteiger partial charge in [0.2, 0.25) is 17.2 Å². The summed E-state index contributed by atoms with van der Waals surface area (Å²) in [4.78, 5) is 0. The Bertz CT molecular complexity index is 542. The van der Waals surface area contributed by atoms with Crippen LogP contribution in [0.3, 0.4) is 0 Å². The van der Waals surface area contributed by atoms with Crippen molar-refractivity contribution in [1.82, 2.24) is 0 Å². The normalized spacial score (nSPS) is 10.8. The van der Waals surface area contributed by atoms with E-state index in [-0.39, 0.29) is 17.2 Å². The molecule has 27 heavy (non-hydrogen) atoms. The van der Waals surface area contributed by atoms with E-state index in [9.17, 15) is 10.2 Å². The number of phenolic OH excluding ortho intramolecular Hbond substituents is 2. The van der Waals surface area contributed by atoms with Gasteiger partial charge in [0.25, 0.3) is 0 Å². The van der Waals surface area contributed by atoms with Gasteiger partial charge < -0.3 is 24.4 Å². The Balaban J connectivity index is 2.87. The van der Waals surface area contributed by atoms with E-state index in [1.165, 1.54) is 38.5 Å². The molecule has 0 aromatic heterocycles. The maximum atomic E-state index is 10.5. The fraction of sp³-hybridized carbons (Fsp3) is 0.727. The van der Waals surface area contributed by atoms with Gasteiger partial charge in [-0.1, -0.05) is 51.9 Å². The Morgan fingerprint density at radius 2 is 1.04 bits per heavy atom. The van der Waals surface area contributed by atoms with Crippen LogP contribution >= 0.6 is 0 Å². The second-order valence-electron chi connectivity index (χ2n) is 6.69. The Morgan fingerprint density at radius 3 is 1.59 bits per heavy atom. The zero-order chi connectivity index (χ0) is 20.1. The molecule has 0 saturated heterocycles. The number of benzene rings is 1. The Labute approximate surface area is 164 Å². The van der Waals surface area contributed by atoms with Gasteiger partial charge in [0.1, 0.15) is 0 Å². The van der Waals surface area contributed by atoms with Crippen molar-refractivity contribution in [3.8, 4) is 28.7 Å². The van der Waals surface area contributed by atoms with E-state index in [1.807, 2.05) is 20.8 Å². The van der Waals surface area contributed by atoms with Crippen LogP contribution in [0.15, 0.2) is 0 Å². The number of unbranched alkanes of at least 4 members (excludes halogenated alkanes) is 7. The molecular formula is C22H38O5. The molecule has 0 amide bonds. The van der Waals surface area contributed by atoms with Gasteiger partial charge >= 0.3 is 0 Å². The van der Waals surface area contributed by atoms with Gasteiger partial charge in [0, 0.05) is 5.56 Å². The first-order valence-corrected chi connectivity index (χ1v) is 10.6. The van der Waals surface area contributed by atoms with Crippen LogP contribution in [-0.2, 0) is 6.42 Å². The van der Waals surface area contributed by atoms with E-state index in [2.05, 4.69) is 6.92 Å². The third-order valence-electron chi connectivity index (χ3n) is 4.56. The van der Waals surface area contributed by atoms with Crippen molar-refractivity contribution in [3.05, 3.63) is 5.56 Å². The second-order valence-corrected chi connectivity index (χ2v) is 6.69. The number of rotatable bonds is 15. The lowest BCUT2D eigenvalue weighted by Crippen LogP contribution is -2.06. The first-order chi connectivity index (χ1) is 13.1. The lowest BCUT2D eigenvalue weighted by atomic mass is 10.0. The molecule has 0 radical (unpaired) electrons. The molecule has 1 aromatic carbocycles. The molecule has 0 aliphatic carbocycles. The molecule has 156 valence electrons. The lowest BCUT2D eigenvalue weighted by molar-refractivity contribution is 0.245. The maximum absolute atomic E-state index is 10.5. The molecule has 0 aliphatic heterocycles. The lowest BCUT2D eigenvalue weighted by Gasteiger charge is -2.21. The van der Waals surface area contributed by atoms with Crippen LogP contribution in [0.4, 0.5) is 0 Å². The summed E-state index contributed by atoms with van der Waals surface area (Å²) in [7, 11) is 0. The number of hydrogen-bond donors (Lipinski definition) is 2. The van der Waals surface area contributed by atoms with Gasteiger partial charge in [-0.25, -0.2) is 0 Å². The predicted octanol–water partition coefficient (Wildman–Crippen LogP) is 5.98. The summed E-state index contributed by atoms with van der Waals surface area (Å²) in [5.74, 6) is 0.596. The van der Waals surface area contributed by atoms with Crippen LogP contribution < -0.4 is 14.2 Å². The largest absolute Gasteiger partial charge is 0.504 e. The monoisotopic (exact) mass is 382 g/mol. The quantitative estimate of drug-likeness (QED) is 0.289. The van der Waals surface area contributed by atoms with E-state index in [1.54, 1.807) is 0 Å². The van der Waals surface area contributed by atoms with Crippen molar-refractivity contribution in [2.45, 2.75) is 85.5 Å². The van der Waals surface area contributed by atoms with Crippen molar-refractivity contribution in [3.63, 3.8) is 0 Å². The summed E-state index contributed by atoms with van der Waals surface area (Å²) in [6.07, 6.45) is 10.3. The second kappa shape index (κ2) is 13.4. The van der Waals surface area contributed by atoms with Gasteiger partial charge in [-0.3, -0.25) is 0 Å². The van der Waals surface area contributed by atoms with Gasteiger partial charge in [-0.15, -0.1) is 0 Å². The zero-order valence-corrected chi connectivity index (χ0v) is 17.6. The summed E-state index contributed by atoms with van der Waals surface area (Å²) >= 11 is 0. The van der Waals surface area contributed by atoms with Crippen molar-refractivity contribution in [1.29, 1.82) is 0 Å². The molecule has 0 aliphatic rings. The average molecular weight is 383 g/mol. The van der Waals surface area contributed by atoms with Crippen molar-refractivity contribution in [2.24, 2.45) is 0 Å². The average Bonchev–Trinajstić information content (AvgIpc) is 2.66. The molecule has 0 heterocycles. The minimum Gasteiger partial charge on any atom is -0.504 e. The van der Waals surface area contributed by atoms with E-state index in [0.717, 1.165) is 12.8 Å². The highest BCUT2D eigenvalue weighted by molar-refractivity contribution is 5.69. The minimum absolute atomic E-state index is 0.153. The highest BCUT2D eigenvalue weighted by atomic mass is 16.5. The fourth-order valence-electron chi connectivity index (χ4n) is 3.22. The zero-order valence-electron chi connectivity index (χ0n) is 17.6. The van der Waals surface area contributed by atoms with Crippen molar-refractivity contribution < 1.29 is 24.4 Å². The molecular weight excluding hydrogens is 344 g/mol. The Kier molecular flexibility index (Phi) is 11.5. The van der Waals surface area contributed by atoms with Gasteiger partial charge in [-0.2, -0.15) is 0 Å². The first-order valence-electron chi connectivity index (χ1n) is 10.6. The number of ether oxygens (including phenoxy) is 3. The van der Waals surface area contributed by atoms with Crippen molar-refractivity contribution in [2.75, 3.05) is 19.8 Å². The summed E-state index contributed by atoms with van der Waals surface area (Å²) in [6, 6.07) is 0. The first kappa shape index (κ1) is 23.3. The topological polar surface area (TPSA) is 68.2 Å². The highest BCUT2D eigenvalue weighted by Crippen LogP contribution is 2.53. The van der Waals surface area contributed by atoms with Crippen LogP contribution in [0.2, 0.25) is 0 Å². The molecule has 5 nitrogen and oxygen atoms in total. The van der Waals surface area contributed by atoms with E-state index in [0.29, 0.717) is 43.3 Å². The smallest absolute Gasteiger partial charge is 0.211 e. The highest BCUT2D eigenvalue weighted by Gasteiger charge is 2.27. The summed E-state index contributed by atoms with van der Waals surface area (Å²) in [5.41, 5.74) is 0.604. The van der Waals surface area contributed by atoms with Gasteiger partial charge in [-0.05, 0) is 33.6 Å². The molecule has 0 bridgehead atoms. The molecule has 0 saturated carbocycles. The molecule has 0 spiro atoms. The van der Waals surface area contributed by atoms with Crippen LogP contribution in [0.5, 0.6) is 28.7 Å². The summed E-state index contributed by atoms with van der Waals surface area (Å²) < 4.78 is 17.0. The predicted molar refractivity (Wildman–Crippen MR) is 110 cm³/mol. The minimum atomic E-state index is -0.265. The third-order valence-corrected chi connectivity index (χ3v) is 4.56. The van der Waals surface area contributed by atoms with Gasteiger partial charge in [0.15, 0.2) is 11.5 Å². The van der Waals surface area contributed by atoms with E-state index in [4.69, 9.17) is 14.2 Å². The molecule has 1 aromatic rings. The van der Waals surface area contributed by atoms with Crippen LogP contribution in [0, 0.1) is 0 Å². The SMILES string of the molecule is CCCCCCCCCCc1c(O)c(O)c(OCC)c(OCC)c1OCC. The fourth-order valence-corrected chi connectivity index (χ4v) is 3.22. The van der Waals surface area contributed by atoms with E-state index >= 15 is 0 Å². The number of aromatic hydroxyl groups is 2. The molecule has 0 unspecified atom stereocenters. The number of hydrogen-bond acceptors (Lipinski definition) is 5. The third kappa shape index (κ3) is 7.04. The molecule has 5 heteroatoms. The molecule has 2 N–H and O–H groups in total. The molecule has 1 rings (SSSR count). The molecule has 0 fully saturated rings. The summed E-state index contributed by atoms with van der Waals surface area (Å²) in [6.45, 7) is 9.03. The van der Waals surface area contributed by atoms with Gasteiger partial charge in [0.05, 0.1) is 19.8 Å². The molecule has 0 atom stereocenters. The Hall–Kier alpha value is -1.78.